The van der Waals surface area contributed by atoms with Gasteiger partial charge in [-0.15, -0.1) is 0 Å². The predicted octanol–water partition coefficient (Wildman–Crippen LogP) is 1.27. The van der Waals surface area contributed by atoms with Gasteiger partial charge in [0.15, 0.2) is 11.5 Å². The van der Waals surface area contributed by atoms with Gasteiger partial charge in [0.1, 0.15) is 5.52 Å². The summed E-state index contributed by atoms with van der Waals surface area (Å²) in [6.45, 7) is 4.59. The molecule has 3 N–H and O–H groups in total. The average molecular weight is 469 g/mol. The molecule has 11 nitrogen and oxygen atoms in total. The Morgan fingerprint density at radius 3 is 2.79 bits per heavy atom. The van der Waals surface area contributed by atoms with Crippen LogP contribution in [0.15, 0.2) is 35.4 Å². The molecule has 4 rings (SSSR count). The van der Waals surface area contributed by atoms with E-state index in [4.69, 9.17) is 19.9 Å². The number of nitrogens with one attached hydrogen (secondary N) is 1. The maximum atomic E-state index is 13.0. The molecule has 2 aromatic heterocycles. The van der Waals surface area contributed by atoms with Gasteiger partial charge >= 0.3 is 0 Å². The number of anilines is 2. The van der Waals surface area contributed by atoms with Crippen molar-refractivity contribution in [1.29, 1.82) is 0 Å². The first-order valence-electron chi connectivity index (χ1n) is 11.0. The normalized spacial score (nSPS) is 14.2. The lowest BCUT2D eigenvalue weighted by atomic mass is 10.2. The maximum Gasteiger partial charge on any atom is 0.262 e. The molecule has 0 spiro atoms. The third-order valence-corrected chi connectivity index (χ3v) is 5.63. The van der Waals surface area contributed by atoms with Crippen molar-refractivity contribution in [3.63, 3.8) is 0 Å². The fraction of sp³-hybridized carbons (Fsp3) is 0.391. The second-order valence-electron chi connectivity index (χ2n) is 7.88. The summed E-state index contributed by atoms with van der Waals surface area (Å²) in [5.74, 6) is 0.190. The van der Waals surface area contributed by atoms with E-state index >= 15 is 0 Å². The molecular formula is C23H28N6O5. The number of amides is 1. The molecule has 180 valence electrons. The fourth-order valence-electron chi connectivity index (χ4n) is 3.79. The number of ether oxygens (including phenoxy) is 3. The molecule has 0 unspecified atom stereocenters. The van der Waals surface area contributed by atoms with Crippen LogP contribution in [-0.4, -0.2) is 71.9 Å². The molecule has 0 radical (unpaired) electrons. The Hall–Kier alpha value is -3.70. The highest BCUT2D eigenvalue weighted by Gasteiger charge is 2.21. The number of hydrogen-bond donors (Lipinski definition) is 2. The zero-order chi connectivity index (χ0) is 24.1. The van der Waals surface area contributed by atoms with Gasteiger partial charge in [0, 0.05) is 39.1 Å². The first kappa shape index (κ1) is 23.5. The van der Waals surface area contributed by atoms with E-state index in [0.717, 1.165) is 39.3 Å². The highest BCUT2D eigenvalue weighted by atomic mass is 16.5. The van der Waals surface area contributed by atoms with Gasteiger partial charge in [-0.2, -0.15) is 0 Å². The summed E-state index contributed by atoms with van der Waals surface area (Å²) in [6.07, 6.45) is 3.79. The monoisotopic (exact) mass is 468 g/mol. The quantitative estimate of drug-likeness (QED) is 0.370. The second kappa shape index (κ2) is 10.5. The number of rotatable bonds is 8. The van der Waals surface area contributed by atoms with Crippen LogP contribution in [0, 0.1) is 0 Å². The first-order chi connectivity index (χ1) is 16.5. The van der Waals surface area contributed by atoms with Crippen LogP contribution in [0.1, 0.15) is 16.8 Å². The molecule has 0 bridgehead atoms. The summed E-state index contributed by atoms with van der Waals surface area (Å²) in [6, 6.07) is 4.79. The van der Waals surface area contributed by atoms with E-state index in [1.807, 2.05) is 0 Å². The number of carbonyl (C=O) groups is 1. The van der Waals surface area contributed by atoms with Crippen molar-refractivity contribution < 1.29 is 19.0 Å². The molecule has 0 atom stereocenters. The average Bonchev–Trinajstić information content (AvgIpc) is 2.86. The van der Waals surface area contributed by atoms with Crippen molar-refractivity contribution in [3.05, 3.63) is 46.5 Å². The molecule has 3 heterocycles. The largest absolute Gasteiger partial charge is 0.491 e. The predicted molar refractivity (Wildman–Crippen MR) is 128 cm³/mol. The number of nitrogen functional groups attached to an aromatic ring is 1. The van der Waals surface area contributed by atoms with E-state index in [-0.39, 0.29) is 33.8 Å². The number of carbonyl (C=O) groups excluding carboxylic acids is 1. The lowest BCUT2D eigenvalue weighted by Gasteiger charge is -2.26. The van der Waals surface area contributed by atoms with Crippen LogP contribution in [0.25, 0.3) is 10.9 Å². The third kappa shape index (κ3) is 4.95. The molecule has 1 aliphatic heterocycles. The van der Waals surface area contributed by atoms with Gasteiger partial charge in [-0.3, -0.25) is 29.4 Å². The van der Waals surface area contributed by atoms with Gasteiger partial charge in [-0.05, 0) is 24.6 Å². The Morgan fingerprint density at radius 1 is 1.29 bits per heavy atom. The summed E-state index contributed by atoms with van der Waals surface area (Å²) in [4.78, 5) is 36.4. The van der Waals surface area contributed by atoms with E-state index < -0.39 is 5.91 Å². The minimum absolute atomic E-state index is 0.0627. The van der Waals surface area contributed by atoms with Crippen molar-refractivity contribution in [1.82, 2.24) is 19.4 Å². The number of methoxy groups -OCH3 is 1. The van der Waals surface area contributed by atoms with E-state index in [9.17, 15) is 9.59 Å². The fourth-order valence-corrected chi connectivity index (χ4v) is 3.79. The Kier molecular flexibility index (Phi) is 7.24. The number of morpholine rings is 1. The van der Waals surface area contributed by atoms with Crippen LogP contribution < -0.4 is 26.1 Å². The van der Waals surface area contributed by atoms with E-state index in [1.54, 1.807) is 18.3 Å². The van der Waals surface area contributed by atoms with Crippen LogP contribution in [-0.2, 0) is 11.8 Å². The highest BCUT2D eigenvalue weighted by Crippen LogP contribution is 2.39. The zero-order valence-corrected chi connectivity index (χ0v) is 19.2. The van der Waals surface area contributed by atoms with Crippen molar-refractivity contribution in [2.75, 3.05) is 57.6 Å². The van der Waals surface area contributed by atoms with E-state index in [2.05, 4.69) is 20.2 Å². The van der Waals surface area contributed by atoms with E-state index in [0.29, 0.717) is 17.9 Å². The van der Waals surface area contributed by atoms with Crippen molar-refractivity contribution in [3.8, 4) is 11.5 Å². The Balaban J connectivity index is 1.60. The number of hydrogen-bond acceptors (Lipinski definition) is 9. The van der Waals surface area contributed by atoms with Gasteiger partial charge in [-0.1, -0.05) is 0 Å². The van der Waals surface area contributed by atoms with Crippen LogP contribution >= 0.6 is 0 Å². The SMILES string of the molecule is COc1c(OCCCN2CCOCC2)c(N)cc2c(=O)n(C)c(NC(=O)c3cccnc3)nc12. The zero-order valence-electron chi connectivity index (χ0n) is 19.2. The lowest BCUT2D eigenvalue weighted by Crippen LogP contribution is -2.37. The number of benzene rings is 1. The molecule has 3 aromatic rings. The first-order valence-corrected chi connectivity index (χ1v) is 11.0. The number of nitrogens with two attached hydrogens (primary N) is 1. The Labute approximate surface area is 196 Å². The number of nitrogens with zero attached hydrogens (tertiary/aromatic N) is 4. The van der Waals surface area contributed by atoms with Gasteiger partial charge in [0.05, 0.1) is 43.6 Å². The highest BCUT2D eigenvalue weighted by molar-refractivity contribution is 6.03. The molecule has 1 aromatic carbocycles. The van der Waals surface area contributed by atoms with Crippen molar-refractivity contribution in [2.24, 2.45) is 7.05 Å². The summed E-state index contributed by atoms with van der Waals surface area (Å²) < 4.78 is 18.1. The number of aromatic nitrogens is 3. The molecule has 11 heteroatoms. The summed E-state index contributed by atoms with van der Waals surface area (Å²) >= 11 is 0. The summed E-state index contributed by atoms with van der Waals surface area (Å²) in [5, 5.41) is 2.92. The van der Waals surface area contributed by atoms with Crippen molar-refractivity contribution in [2.45, 2.75) is 6.42 Å². The van der Waals surface area contributed by atoms with E-state index in [1.165, 1.54) is 31.0 Å². The van der Waals surface area contributed by atoms with Crippen molar-refractivity contribution >= 4 is 28.4 Å². The summed E-state index contributed by atoms with van der Waals surface area (Å²) in [7, 11) is 2.98. The maximum absolute atomic E-state index is 13.0. The Morgan fingerprint density at radius 2 is 2.09 bits per heavy atom. The minimum Gasteiger partial charge on any atom is -0.491 e. The molecule has 0 aliphatic carbocycles. The lowest BCUT2D eigenvalue weighted by molar-refractivity contribution is 0.0357. The van der Waals surface area contributed by atoms with Crippen LogP contribution in [0.2, 0.25) is 0 Å². The molecule has 1 aliphatic rings. The van der Waals surface area contributed by atoms with Crippen LogP contribution in [0.4, 0.5) is 11.6 Å². The molecule has 1 amide bonds. The van der Waals surface area contributed by atoms with Gasteiger partial charge in [0.25, 0.3) is 11.5 Å². The van der Waals surface area contributed by atoms with Crippen LogP contribution in [0.5, 0.6) is 11.5 Å². The molecule has 1 saturated heterocycles. The van der Waals surface area contributed by atoms with Gasteiger partial charge < -0.3 is 19.9 Å². The summed E-state index contributed by atoms with van der Waals surface area (Å²) in [5.41, 5.74) is 6.71. The molecule has 34 heavy (non-hydrogen) atoms. The Bertz CT molecular complexity index is 1220. The molecule has 1 fully saturated rings. The van der Waals surface area contributed by atoms with Gasteiger partial charge in [-0.25, -0.2) is 4.98 Å². The molecule has 0 saturated carbocycles. The van der Waals surface area contributed by atoms with Crippen LogP contribution in [0.3, 0.4) is 0 Å². The molecular weight excluding hydrogens is 440 g/mol. The smallest absolute Gasteiger partial charge is 0.262 e. The third-order valence-electron chi connectivity index (χ3n) is 5.63. The van der Waals surface area contributed by atoms with Gasteiger partial charge in [0.2, 0.25) is 5.95 Å². The number of fused-ring (bicyclic) bond motifs is 1. The number of pyridine rings is 1. The topological polar surface area (TPSA) is 134 Å². The minimum atomic E-state index is -0.441. The standard InChI is InChI=1S/C23H28N6O5/c1-28-22(31)16-13-17(24)19(34-10-4-7-29-8-11-33-12-9-29)20(32-2)18(16)26-23(28)27-21(30)15-5-3-6-25-14-15/h3,5-6,13-14H,4,7-12,24H2,1-2H3,(H,26,27,30). The second-order valence-corrected chi connectivity index (χ2v) is 7.88.